The van der Waals surface area contributed by atoms with E-state index in [4.69, 9.17) is 0 Å². The van der Waals surface area contributed by atoms with Crippen molar-refractivity contribution in [3.63, 3.8) is 0 Å². The van der Waals surface area contributed by atoms with Gasteiger partial charge >= 0.3 is 5.97 Å². The Morgan fingerprint density at radius 1 is 1.53 bits per heavy atom. The molecule has 1 amide bonds. The smallest absolute Gasteiger partial charge is 0.315 e. The van der Waals surface area contributed by atoms with Crippen LogP contribution in [-0.2, 0) is 14.3 Å². The highest BCUT2D eigenvalue weighted by Gasteiger charge is 2.10. The molecular formula is C9H11N3O3. The molecule has 1 N–H and O–H groups in total. The number of anilines is 1. The van der Waals surface area contributed by atoms with E-state index >= 15 is 0 Å². The van der Waals surface area contributed by atoms with Gasteiger partial charge in [-0.25, -0.2) is 9.97 Å². The summed E-state index contributed by atoms with van der Waals surface area (Å²) in [4.78, 5) is 29.6. The standard InChI is InChI=1S/C9H11N3O3/c1-2-15-9(14)5-8(13)12-7-3-4-10-6-11-7/h3-4,6H,2,5H2,1H3,(H,10,11,12,13). The van der Waals surface area contributed by atoms with Crippen molar-refractivity contribution in [2.45, 2.75) is 13.3 Å². The fourth-order valence-corrected chi connectivity index (χ4v) is 0.895. The van der Waals surface area contributed by atoms with Gasteiger partial charge < -0.3 is 10.1 Å². The fraction of sp³-hybridized carbons (Fsp3) is 0.333. The van der Waals surface area contributed by atoms with E-state index in [1.807, 2.05) is 0 Å². The maximum atomic E-state index is 11.2. The minimum atomic E-state index is -0.552. The third-order valence-corrected chi connectivity index (χ3v) is 1.46. The normalized spacial score (nSPS) is 9.40. The van der Waals surface area contributed by atoms with Gasteiger partial charge in [-0.2, -0.15) is 0 Å². The summed E-state index contributed by atoms with van der Waals surface area (Å²) in [5, 5.41) is 2.44. The molecular weight excluding hydrogens is 198 g/mol. The second kappa shape index (κ2) is 5.69. The van der Waals surface area contributed by atoms with Gasteiger partial charge in [-0.15, -0.1) is 0 Å². The zero-order chi connectivity index (χ0) is 11.1. The number of carbonyl (C=O) groups is 2. The van der Waals surface area contributed by atoms with Gasteiger partial charge in [0.1, 0.15) is 18.6 Å². The Kier molecular flexibility index (Phi) is 4.21. The average molecular weight is 209 g/mol. The molecule has 0 atom stereocenters. The zero-order valence-corrected chi connectivity index (χ0v) is 8.27. The lowest BCUT2D eigenvalue weighted by molar-refractivity contribution is -0.145. The van der Waals surface area contributed by atoms with Crippen molar-refractivity contribution in [2.24, 2.45) is 0 Å². The van der Waals surface area contributed by atoms with Crippen LogP contribution >= 0.6 is 0 Å². The first-order valence-corrected chi connectivity index (χ1v) is 4.44. The van der Waals surface area contributed by atoms with Gasteiger partial charge in [-0.05, 0) is 13.0 Å². The first-order valence-electron chi connectivity index (χ1n) is 4.44. The highest BCUT2D eigenvalue weighted by Crippen LogP contribution is 1.99. The maximum Gasteiger partial charge on any atom is 0.315 e. The van der Waals surface area contributed by atoms with Crippen molar-refractivity contribution >= 4 is 17.7 Å². The summed E-state index contributed by atoms with van der Waals surface area (Å²) in [5.74, 6) is -0.643. The molecule has 0 bridgehead atoms. The number of aromatic nitrogens is 2. The Balaban J connectivity index is 2.40. The molecule has 0 saturated carbocycles. The van der Waals surface area contributed by atoms with E-state index in [0.29, 0.717) is 5.82 Å². The molecule has 6 heteroatoms. The van der Waals surface area contributed by atoms with Crippen molar-refractivity contribution in [1.29, 1.82) is 0 Å². The Morgan fingerprint density at radius 2 is 2.33 bits per heavy atom. The highest BCUT2D eigenvalue weighted by molar-refractivity contribution is 6.01. The van der Waals surface area contributed by atoms with E-state index in [1.54, 1.807) is 6.92 Å². The number of hydrogen-bond donors (Lipinski definition) is 1. The van der Waals surface area contributed by atoms with Crippen LogP contribution in [-0.4, -0.2) is 28.5 Å². The number of rotatable bonds is 4. The Labute approximate surface area is 86.7 Å². The van der Waals surface area contributed by atoms with E-state index in [0.717, 1.165) is 0 Å². The molecule has 1 heterocycles. The van der Waals surface area contributed by atoms with Crippen LogP contribution in [0.3, 0.4) is 0 Å². The summed E-state index contributed by atoms with van der Waals surface area (Å²) < 4.78 is 4.62. The van der Waals surface area contributed by atoms with Gasteiger partial charge in [0.05, 0.1) is 6.61 Å². The van der Waals surface area contributed by atoms with Crippen molar-refractivity contribution < 1.29 is 14.3 Å². The molecule has 80 valence electrons. The van der Waals surface area contributed by atoms with Gasteiger partial charge in [0, 0.05) is 6.20 Å². The number of carbonyl (C=O) groups excluding carboxylic acids is 2. The number of nitrogens with one attached hydrogen (secondary N) is 1. The van der Waals surface area contributed by atoms with Crippen molar-refractivity contribution in [3.8, 4) is 0 Å². The largest absolute Gasteiger partial charge is 0.466 e. The summed E-state index contributed by atoms with van der Waals surface area (Å²) in [6.07, 6.45) is 2.49. The van der Waals surface area contributed by atoms with Gasteiger partial charge in [-0.1, -0.05) is 0 Å². The van der Waals surface area contributed by atoms with E-state index in [1.165, 1.54) is 18.6 Å². The second-order valence-electron chi connectivity index (χ2n) is 2.62. The Morgan fingerprint density at radius 3 is 2.93 bits per heavy atom. The van der Waals surface area contributed by atoms with E-state index in [-0.39, 0.29) is 13.0 Å². The number of ether oxygens (including phenoxy) is 1. The van der Waals surface area contributed by atoms with Crippen LogP contribution in [0.1, 0.15) is 13.3 Å². The SMILES string of the molecule is CCOC(=O)CC(=O)Nc1ccncn1. The summed E-state index contributed by atoms with van der Waals surface area (Å²) in [6, 6.07) is 1.53. The number of esters is 1. The van der Waals surface area contributed by atoms with Crippen molar-refractivity contribution in [3.05, 3.63) is 18.6 Å². The molecule has 0 aliphatic heterocycles. The van der Waals surface area contributed by atoms with Crippen LogP contribution in [0.15, 0.2) is 18.6 Å². The molecule has 0 unspecified atom stereocenters. The summed E-state index contributed by atoms with van der Waals surface area (Å²) in [5.41, 5.74) is 0. The van der Waals surface area contributed by atoms with Crippen LogP contribution in [0.5, 0.6) is 0 Å². The molecule has 0 radical (unpaired) electrons. The summed E-state index contributed by atoms with van der Waals surface area (Å²) in [6.45, 7) is 1.94. The number of hydrogen-bond acceptors (Lipinski definition) is 5. The average Bonchev–Trinajstić information content (AvgIpc) is 2.19. The highest BCUT2D eigenvalue weighted by atomic mass is 16.5. The fourth-order valence-electron chi connectivity index (χ4n) is 0.895. The molecule has 0 spiro atoms. The van der Waals surface area contributed by atoms with Crippen LogP contribution in [0, 0.1) is 0 Å². The molecule has 0 aromatic carbocycles. The van der Waals surface area contributed by atoms with Crippen LogP contribution in [0.25, 0.3) is 0 Å². The first kappa shape index (κ1) is 11.1. The monoisotopic (exact) mass is 209 g/mol. The van der Waals surface area contributed by atoms with Gasteiger partial charge in [-0.3, -0.25) is 9.59 Å². The first-order chi connectivity index (χ1) is 7.22. The van der Waals surface area contributed by atoms with Crippen molar-refractivity contribution in [2.75, 3.05) is 11.9 Å². The van der Waals surface area contributed by atoms with Crippen LogP contribution in [0.2, 0.25) is 0 Å². The quantitative estimate of drug-likeness (QED) is 0.572. The van der Waals surface area contributed by atoms with Gasteiger partial charge in [0.25, 0.3) is 0 Å². The lowest BCUT2D eigenvalue weighted by Gasteiger charge is -2.03. The molecule has 0 aliphatic carbocycles. The molecule has 0 saturated heterocycles. The second-order valence-corrected chi connectivity index (χ2v) is 2.62. The molecule has 0 aliphatic rings. The van der Waals surface area contributed by atoms with Crippen LogP contribution in [0.4, 0.5) is 5.82 Å². The summed E-state index contributed by atoms with van der Waals surface area (Å²) >= 11 is 0. The topological polar surface area (TPSA) is 81.2 Å². The van der Waals surface area contributed by atoms with Crippen LogP contribution < -0.4 is 5.32 Å². The van der Waals surface area contributed by atoms with E-state index in [9.17, 15) is 9.59 Å². The Bertz CT molecular complexity index is 340. The third kappa shape index (κ3) is 4.17. The number of nitrogens with zero attached hydrogens (tertiary/aromatic N) is 2. The Hall–Kier alpha value is -1.98. The molecule has 15 heavy (non-hydrogen) atoms. The summed E-state index contributed by atoms with van der Waals surface area (Å²) in [7, 11) is 0. The van der Waals surface area contributed by atoms with Crippen molar-refractivity contribution in [1.82, 2.24) is 9.97 Å². The van der Waals surface area contributed by atoms with E-state index in [2.05, 4.69) is 20.0 Å². The molecule has 1 rings (SSSR count). The predicted octanol–water partition coefficient (Wildman–Crippen LogP) is 0.368. The predicted molar refractivity (Wildman–Crippen MR) is 51.9 cm³/mol. The molecule has 1 aromatic rings. The van der Waals surface area contributed by atoms with Gasteiger partial charge in [0.2, 0.25) is 5.91 Å². The maximum absolute atomic E-state index is 11.2. The third-order valence-electron chi connectivity index (χ3n) is 1.46. The van der Waals surface area contributed by atoms with Gasteiger partial charge in [0.15, 0.2) is 0 Å². The molecule has 1 aromatic heterocycles. The number of amides is 1. The minimum Gasteiger partial charge on any atom is -0.466 e. The lowest BCUT2D eigenvalue weighted by atomic mass is 10.4. The molecule has 6 nitrogen and oxygen atoms in total. The lowest BCUT2D eigenvalue weighted by Crippen LogP contribution is -2.18. The molecule has 0 fully saturated rings. The minimum absolute atomic E-state index is 0.264. The van der Waals surface area contributed by atoms with E-state index < -0.39 is 11.9 Å². The zero-order valence-electron chi connectivity index (χ0n) is 8.27.